The molecule has 2 saturated carbocycles. The summed E-state index contributed by atoms with van der Waals surface area (Å²) < 4.78 is 59.4. The molecule has 0 amide bonds. The normalized spacial score (nSPS) is 31.7. The minimum Gasteiger partial charge on any atom is -0.477 e. The van der Waals surface area contributed by atoms with Crippen molar-refractivity contribution in [3.05, 3.63) is 33.6 Å². The van der Waals surface area contributed by atoms with Gasteiger partial charge in [-0.05, 0) is 25.2 Å². The predicted octanol–water partition coefficient (Wildman–Crippen LogP) is 2.50. The zero-order chi connectivity index (χ0) is 23.1. The number of carboxylic acids is 1. The Balaban J connectivity index is 1.66. The van der Waals surface area contributed by atoms with Crippen LogP contribution in [0.2, 0.25) is 0 Å². The zero-order valence-corrected chi connectivity index (χ0v) is 17.0. The Hall–Kier alpha value is -2.82. The molecule has 0 spiro atoms. The minimum atomic E-state index is -1.60. The lowest BCUT2D eigenvalue weighted by Gasteiger charge is -2.45. The molecule has 2 heterocycles. The summed E-state index contributed by atoms with van der Waals surface area (Å²) in [4.78, 5) is 25.6. The van der Waals surface area contributed by atoms with Gasteiger partial charge in [0.05, 0.1) is 22.6 Å². The summed E-state index contributed by atoms with van der Waals surface area (Å²) in [5.41, 5.74) is 7.96. The highest BCUT2D eigenvalue weighted by molar-refractivity contribution is 5.99. The number of anilines is 2. The summed E-state index contributed by atoms with van der Waals surface area (Å²) >= 11 is 0. The number of hydrogen-bond donors (Lipinski definition) is 3. The summed E-state index contributed by atoms with van der Waals surface area (Å²) in [6.45, 7) is 0.417. The number of rotatable bonds is 4. The van der Waals surface area contributed by atoms with E-state index in [9.17, 15) is 23.5 Å². The van der Waals surface area contributed by atoms with Gasteiger partial charge in [-0.3, -0.25) is 4.79 Å². The first-order chi connectivity index (χ1) is 15.0. The Morgan fingerprint density at radius 1 is 1.22 bits per heavy atom. The Morgan fingerprint density at radius 3 is 2.44 bits per heavy atom. The SMILES string of the molecule is Nc1c(F)c(N2CCC(C3(N)CC(F)C3)C2)c(F)c2c1c(=O)c(C(=O)O)cn2C1CC1F. The van der Waals surface area contributed by atoms with Gasteiger partial charge in [-0.15, -0.1) is 0 Å². The fraction of sp³-hybridized carbons (Fsp3) is 0.524. The Labute approximate surface area is 179 Å². The molecule has 0 radical (unpaired) electrons. The van der Waals surface area contributed by atoms with E-state index >= 15 is 8.78 Å². The topological polar surface area (TPSA) is 115 Å². The maximum atomic E-state index is 15.8. The standard InChI is InChI=1S/C21H22F4N4O3/c22-9-4-21(27,5-9)8-1-2-28(6-8)18-14(24)16(26)13-17(15(18)25)29(12-3-11(12)23)7-10(19(13)30)20(31)32/h7-9,11-12H,1-6,26-27H2,(H,31,32). The molecule has 7 nitrogen and oxygen atoms in total. The monoisotopic (exact) mass is 454 g/mol. The number of benzene rings is 1. The first kappa shape index (κ1) is 21.0. The van der Waals surface area contributed by atoms with Crippen LogP contribution >= 0.6 is 0 Å². The molecular formula is C21H22F4N4O3. The van der Waals surface area contributed by atoms with Crippen LogP contribution < -0.4 is 21.8 Å². The maximum absolute atomic E-state index is 15.8. The summed E-state index contributed by atoms with van der Waals surface area (Å²) in [6, 6.07) is -0.876. The van der Waals surface area contributed by atoms with Gasteiger partial charge in [-0.2, -0.15) is 0 Å². The first-order valence-electron chi connectivity index (χ1n) is 10.4. The Kier molecular flexibility index (Phi) is 4.50. The van der Waals surface area contributed by atoms with Crippen molar-refractivity contribution in [2.45, 2.75) is 49.6 Å². The molecule has 11 heteroatoms. The Morgan fingerprint density at radius 2 is 1.88 bits per heavy atom. The lowest BCUT2D eigenvalue weighted by molar-refractivity contribution is 0.0581. The number of aromatic nitrogens is 1. The number of halogens is 4. The van der Waals surface area contributed by atoms with E-state index in [1.165, 1.54) is 4.90 Å². The molecule has 5 N–H and O–H groups in total. The van der Waals surface area contributed by atoms with Gasteiger partial charge in [0.1, 0.15) is 23.6 Å². The van der Waals surface area contributed by atoms with Crippen molar-refractivity contribution in [1.82, 2.24) is 4.57 Å². The second kappa shape index (κ2) is 6.84. The third kappa shape index (κ3) is 2.90. The van der Waals surface area contributed by atoms with Gasteiger partial charge >= 0.3 is 5.97 Å². The van der Waals surface area contributed by atoms with Crippen molar-refractivity contribution in [1.29, 1.82) is 0 Å². The lowest BCUT2D eigenvalue weighted by Crippen LogP contribution is -2.58. The van der Waals surface area contributed by atoms with Crippen molar-refractivity contribution >= 4 is 28.2 Å². The molecule has 3 fully saturated rings. The number of fused-ring (bicyclic) bond motifs is 1. The molecule has 2 aliphatic carbocycles. The van der Waals surface area contributed by atoms with E-state index in [4.69, 9.17) is 11.5 Å². The fourth-order valence-corrected chi connectivity index (χ4v) is 5.21. The predicted molar refractivity (Wildman–Crippen MR) is 109 cm³/mol. The van der Waals surface area contributed by atoms with Crippen LogP contribution in [0, 0.1) is 17.6 Å². The summed E-state index contributed by atoms with van der Waals surface area (Å²) in [5.74, 6) is -4.07. The van der Waals surface area contributed by atoms with Crippen LogP contribution in [0.15, 0.2) is 11.0 Å². The number of nitrogens with two attached hydrogens (primary N) is 2. The summed E-state index contributed by atoms with van der Waals surface area (Å²) in [7, 11) is 0. The number of carboxylic acid groups (broad SMARTS) is 1. The highest BCUT2D eigenvalue weighted by Crippen LogP contribution is 2.46. The van der Waals surface area contributed by atoms with Crippen molar-refractivity contribution in [3.8, 4) is 0 Å². The van der Waals surface area contributed by atoms with Gasteiger partial charge in [0.25, 0.3) is 0 Å². The van der Waals surface area contributed by atoms with E-state index in [0.717, 1.165) is 10.8 Å². The molecular weight excluding hydrogens is 432 g/mol. The van der Waals surface area contributed by atoms with E-state index in [1.807, 2.05) is 0 Å². The molecule has 3 aliphatic rings. The van der Waals surface area contributed by atoms with Crippen molar-refractivity contribution < 1.29 is 27.5 Å². The van der Waals surface area contributed by atoms with Gasteiger partial charge < -0.3 is 26.0 Å². The minimum absolute atomic E-state index is 0.00889. The third-order valence-corrected chi connectivity index (χ3v) is 7.15. The van der Waals surface area contributed by atoms with Crippen molar-refractivity contribution in [2.75, 3.05) is 23.7 Å². The van der Waals surface area contributed by atoms with Crippen LogP contribution in [0.1, 0.15) is 42.1 Å². The van der Waals surface area contributed by atoms with Crippen LogP contribution in [0.3, 0.4) is 0 Å². The largest absolute Gasteiger partial charge is 0.477 e. The van der Waals surface area contributed by atoms with Gasteiger partial charge in [-0.25, -0.2) is 22.4 Å². The molecule has 1 aromatic heterocycles. The highest BCUT2D eigenvalue weighted by Gasteiger charge is 2.49. The van der Waals surface area contributed by atoms with E-state index in [1.54, 1.807) is 0 Å². The summed E-state index contributed by atoms with van der Waals surface area (Å²) in [6.07, 6.45) is -0.560. The molecule has 32 heavy (non-hydrogen) atoms. The molecule has 1 aliphatic heterocycles. The molecule has 2 aromatic rings. The van der Waals surface area contributed by atoms with Gasteiger partial charge in [0, 0.05) is 31.2 Å². The lowest BCUT2D eigenvalue weighted by atomic mass is 9.67. The number of alkyl halides is 2. The molecule has 172 valence electrons. The number of nitrogens with zero attached hydrogens (tertiary/aromatic N) is 2. The van der Waals surface area contributed by atoms with Crippen LogP contribution in [-0.2, 0) is 0 Å². The number of aromatic carboxylic acids is 1. The third-order valence-electron chi connectivity index (χ3n) is 7.15. The molecule has 1 saturated heterocycles. The number of carbonyl (C=O) groups is 1. The molecule has 0 bridgehead atoms. The highest BCUT2D eigenvalue weighted by atomic mass is 19.1. The molecule has 5 rings (SSSR count). The quantitative estimate of drug-likeness (QED) is 0.483. The first-order valence-corrected chi connectivity index (χ1v) is 10.4. The van der Waals surface area contributed by atoms with Gasteiger partial charge in [0.15, 0.2) is 11.6 Å². The molecule has 1 aromatic carbocycles. The van der Waals surface area contributed by atoms with Crippen LogP contribution in [0.5, 0.6) is 0 Å². The van der Waals surface area contributed by atoms with Gasteiger partial charge in [-0.1, -0.05) is 0 Å². The zero-order valence-electron chi connectivity index (χ0n) is 17.0. The van der Waals surface area contributed by atoms with E-state index < -0.39 is 74.8 Å². The van der Waals surface area contributed by atoms with E-state index in [-0.39, 0.29) is 38.3 Å². The Bertz CT molecular complexity index is 1210. The second-order valence-corrected chi connectivity index (χ2v) is 9.19. The van der Waals surface area contributed by atoms with Crippen molar-refractivity contribution in [2.24, 2.45) is 11.7 Å². The number of hydrogen-bond acceptors (Lipinski definition) is 5. The van der Waals surface area contributed by atoms with Crippen LogP contribution in [-0.4, -0.2) is 46.6 Å². The number of pyridine rings is 1. The van der Waals surface area contributed by atoms with E-state index in [0.29, 0.717) is 6.42 Å². The number of nitrogen functional groups attached to an aromatic ring is 1. The smallest absolute Gasteiger partial charge is 0.341 e. The maximum Gasteiger partial charge on any atom is 0.341 e. The van der Waals surface area contributed by atoms with Crippen LogP contribution in [0.25, 0.3) is 10.9 Å². The van der Waals surface area contributed by atoms with Crippen LogP contribution in [0.4, 0.5) is 28.9 Å². The molecule has 3 unspecified atom stereocenters. The van der Waals surface area contributed by atoms with E-state index in [2.05, 4.69) is 0 Å². The van der Waals surface area contributed by atoms with Crippen molar-refractivity contribution in [3.63, 3.8) is 0 Å². The molecule has 3 atom stereocenters. The fourth-order valence-electron chi connectivity index (χ4n) is 5.21. The summed E-state index contributed by atoms with van der Waals surface area (Å²) in [5, 5.41) is 8.73. The van der Waals surface area contributed by atoms with Gasteiger partial charge in [0.2, 0.25) is 5.43 Å². The average Bonchev–Trinajstić information content (AvgIpc) is 3.22. The second-order valence-electron chi connectivity index (χ2n) is 9.19. The average molecular weight is 454 g/mol.